The van der Waals surface area contributed by atoms with Crippen molar-refractivity contribution in [3.05, 3.63) is 7.05 Å². The SMILES string of the molecule is [CH2]N1CCC(C)C1. The molecular weight excluding hydrogens is 86.1 g/mol. The van der Waals surface area contributed by atoms with Crippen LogP contribution in [0.25, 0.3) is 0 Å². The van der Waals surface area contributed by atoms with Gasteiger partial charge in [0.2, 0.25) is 0 Å². The molecular formula is C6H12N. The predicted octanol–water partition coefficient (Wildman–Crippen LogP) is 1.12. The van der Waals surface area contributed by atoms with Crippen LogP contribution in [0.3, 0.4) is 0 Å². The van der Waals surface area contributed by atoms with Crippen molar-refractivity contribution >= 4 is 0 Å². The quantitative estimate of drug-likeness (QED) is 0.439. The first kappa shape index (κ1) is 5.10. The van der Waals surface area contributed by atoms with Gasteiger partial charge in [0, 0.05) is 13.6 Å². The summed E-state index contributed by atoms with van der Waals surface area (Å²) in [6.07, 6.45) is 1.34. The fourth-order valence-corrected chi connectivity index (χ4v) is 1.03. The van der Waals surface area contributed by atoms with Crippen molar-refractivity contribution in [1.82, 2.24) is 4.90 Å². The zero-order chi connectivity index (χ0) is 5.28. The molecule has 1 aliphatic heterocycles. The van der Waals surface area contributed by atoms with E-state index >= 15 is 0 Å². The van der Waals surface area contributed by atoms with Gasteiger partial charge in [-0.05, 0) is 18.9 Å². The molecule has 1 saturated heterocycles. The Balaban J connectivity index is 2.26. The predicted molar refractivity (Wildman–Crippen MR) is 30.7 cm³/mol. The minimum absolute atomic E-state index is 0.887. The molecule has 1 atom stereocenters. The van der Waals surface area contributed by atoms with Crippen molar-refractivity contribution in [1.29, 1.82) is 0 Å². The van der Waals surface area contributed by atoms with Crippen molar-refractivity contribution in [3.63, 3.8) is 0 Å². The van der Waals surface area contributed by atoms with Gasteiger partial charge in [-0.15, -0.1) is 0 Å². The maximum Gasteiger partial charge on any atom is 0.0109 e. The van der Waals surface area contributed by atoms with E-state index in [1.165, 1.54) is 19.5 Å². The molecule has 0 aliphatic carbocycles. The van der Waals surface area contributed by atoms with E-state index in [1.54, 1.807) is 0 Å². The van der Waals surface area contributed by atoms with Crippen molar-refractivity contribution in [3.8, 4) is 0 Å². The average Bonchev–Trinajstić information content (AvgIpc) is 1.87. The van der Waals surface area contributed by atoms with E-state index in [4.69, 9.17) is 0 Å². The zero-order valence-electron chi connectivity index (χ0n) is 4.85. The highest BCUT2D eigenvalue weighted by Gasteiger charge is 2.13. The van der Waals surface area contributed by atoms with Gasteiger partial charge in [-0.2, -0.15) is 0 Å². The van der Waals surface area contributed by atoms with Crippen LogP contribution in [0.1, 0.15) is 13.3 Å². The third-order valence-electron chi connectivity index (χ3n) is 1.51. The molecule has 1 fully saturated rings. The van der Waals surface area contributed by atoms with E-state index in [0.717, 1.165) is 5.92 Å². The molecule has 1 unspecified atom stereocenters. The zero-order valence-corrected chi connectivity index (χ0v) is 4.85. The number of hydrogen-bond donors (Lipinski definition) is 0. The normalized spacial score (nSPS) is 34.3. The fourth-order valence-electron chi connectivity index (χ4n) is 1.03. The number of hydrogen-bond acceptors (Lipinski definition) is 1. The van der Waals surface area contributed by atoms with Gasteiger partial charge in [0.05, 0.1) is 0 Å². The lowest BCUT2D eigenvalue weighted by atomic mass is 10.2. The Bertz CT molecular complexity index is 53.2. The van der Waals surface area contributed by atoms with E-state index in [2.05, 4.69) is 18.9 Å². The molecule has 0 N–H and O–H groups in total. The van der Waals surface area contributed by atoms with Gasteiger partial charge < -0.3 is 4.90 Å². The lowest BCUT2D eigenvalue weighted by Gasteiger charge is -2.02. The van der Waals surface area contributed by atoms with Crippen molar-refractivity contribution in [2.45, 2.75) is 13.3 Å². The first-order chi connectivity index (χ1) is 3.29. The van der Waals surface area contributed by atoms with Crippen LogP contribution in [0.5, 0.6) is 0 Å². The van der Waals surface area contributed by atoms with E-state index in [-0.39, 0.29) is 0 Å². The topological polar surface area (TPSA) is 3.24 Å². The van der Waals surface area contributed by atoms with Gasteiger partial charge in [0.1, 0.15) is 0 Å². The molecule has 1 aliphatic rings. The average molecular weight is 98.2 g/mol. The Morgan fingerprint density at radius 1 is 1.71 bits per heavy atom. The van der Waals surface area contributed by atoms with Crippen LogP contribution >= 0.6 is 0 Å². The summed E-state index contributed by atoms with van der Waals surface area (Å²) in [6.45, 7) is 4.66. The lowest BCUT2D eigenvalue weighted by molar-refractivity contribution is 0.442. The van der Waals surface area contributed by atoms with Gasteiger partial charge >= 0.3 is 0 Å². The van der Waals surface area contributed by atoms with E-state index in [1.807, 2.05) is 0 Å². The standard InChI is InChI=1S/C6H12N/c1-6-3-4-7(2)5-6/h6H,2-5H2,1H3. The maximum atomic E-state index is 3.82. The first-order valence-corrected chi connectivity index (χ1v) is 2.84. The molecule has 0 spiro atoms. The summed E-state index contributed by atoms with van der Waals surface area (Å²) in [7, 11) is 3.82. The van der Waals surface area contributed by atoms with Crippen LogP contribution in [-0.2, 0) is 0 Å². The third-order valence-corrected chi connectivity index (χ3v) is 1.51. The van der Waals surface area contributed by atoms with Gasteiger partial charge in [0.25, 0.3) is 0 Å². The summed E-state index contributed by atoms with van der Waals surface area (Å²) in [5.41, 5.74) is 0. The van der Waals surface area contributed by atoms with Crippen LogP contribution in [-0.4, -0.2) is 18.0 Å². The second-order valence-electron chi connectivity index (χ2n) is 2.47. The second kappa shape index (κ2) is 1.83. The number of nitrogens with zero attached hydrogens (tertiary/aromatic N) is 1. The molecule has 0 saturated carbocycles. The molecule has 1 heteroatoms. The van der Waals surface area contributed by atoms with Crippen LogP contribution in [0.2, 0.25) is 0 Å². The third kappa shape index (κ3) is 1.16. The minimum Gasteiger partial charge on any atom is -0.302 e. The number of rotatable bonds is 0. The van der Waals surface area contributed by atoms with Gasteiger partial charge in [0.15, 0.2) is 0 Å². The molecule has 0 bridgehead atoms. The fraction of sp³-hybridized carbons (Fsp3) is 0.833. The summed E-state index contributed by atoms with van der Waals surface area (Å²) in [6, 6.07) is 0. The molecule has 0 aromatic heterocycles. The molecule has 0 amide bonds. The number of likely N-dealkylation sites (tertiary alicyclic amines) is 1. The molecule has 1 rings (SSSR count). The Morgan fingerprint density at radius 3 is 2.57 bits per heavy atom. The summed E-state index contributed by atoms with van der Waals surface area (Å²) >= 11 is 0. The molecule has 0 aromatic rings. The van der Waals surface area contributed by atoms with Crippen molar-refractivity contribution in [2.24, 2.45) is 5.92 Å². The Labute approximate surface area is 45.3 Å². The van der Waals surface area contributed by atoms with Gasteiger partial charge in [-0.25, -0.2) is 0 Å². The monoisotopic (exact) mass is 98.1 g/mol. The van der Waals surface area contributed by atoms with Gasteiger partial charge in [-0.3, -0.25) is 0 Å². The minimum atomic E-state index is 0.887. The van der Waals surface area contributed by atoms with Crippen molar-refractivity contribution in [2.75, 3.05) is 13.1 Å². The first-order valence-electron chi connectivity index (χ1n) is 2.84. The summed E-state index contributed by atoms with van der Waals surface area (Å²) in [5.74, 6) is 0.887. The Morgan fingerprint density at radius 2 is 2.43 bits per heavy atom. The van der Waals surface area contributed by atoms with Crippen LogP contribution in [0.4, 0.5) is 0 Å². The second-order valence-corrected chi connectivity index (χ2v) is 2.47. The lowest BCUT2D eigenvalue weighted by Crippen LogP contribution is -2.09. The van der Waals surface area contributed by atoms with Gasteiger partial charge in [-0.1, -0.05) is 6.92 Å². The molecule has 7 heavy (non-hydrogen) atoms. The molecule has 41 valence electrons. The molecule has 1 radical (unpaired) electrons. The van der Waals surface area contributed by atoms with Crippen LogP contribution < -0.4 is 0 Å². The summed E-state index contributed by atoms with van der Waals surface area (Å²) in [5, 5.41) is 0. The molecule has 0 aromatic carbocycles. The Hall–Kier alpha value is -0.0400. The van der Waals surface area contributed by atoms with E-state index in [9.17, 15) is 0 Å². The molecule has 1 nitrogen and oxygen atoms in total. The van der Waals surface area contributed by atoms with Crippen molar-refractivity contribution < 1.29 is 0 Å². The smallest absolute Gasteiger partial charge is 0.0109 e. The maximum absolute atomic E-state index is 3.82. The highest BCUT2D eigenvalue weighted by molar-refractivity contribution is 4.70. The largest absolute Gasteiger partial charge is 0.302 e. The highest BCUT2D eigenvalue weighted by atomic mass is 15.1. The van der Waals surface area contributed by atoms with Crippen LogP contribution in [0.15, 0.2) is 0 Å². The Kier molecular flexibility index (Phi) is 1.33. The van der Waals surface area contributed by atoms with Crippen LogP contribution in [0, 0.1) is 13.0 Å². The summed E-state index contributed by atoms with van der Waals surface area (Å²) in [4.78, 5) is 2.13. The molecule has 1 heterocycles. The van der Waals surface area contributed by atoms with E-state index in [0.29, 0.717) is 0 Å². The summed E-state index contributed by atoms with van der Waals surface area (Å²) < 4.78 is 0. The highest BCUT2D eigenvalue weighted by Crippen LogP contribution is 2.12. The van der Waals surface area contributed by atoms with E-state index < -0.39 is 0 Å².